The van der Waals surface area contributed by atoms with Crippen LogP contribution in [-0.4, -0.2) is 18.0 Å². The Morgan fingerprint density at radius 1 is 1.24 bits per heavy atom. The number of aryl methyl sites for hydroxylation is 1. The number of rotatable bonds is 4. The van der Waals surface area contributed by atoms with E-state index >= 15 is 0 Å². The van der Waals surface area contributed by atoms with Crippen molar-refractivity contribution in [1.29, 1.82) is 0 Å². The Kier molecular flexibility index (Phi) is 5.66. The predicted molar refractivity (Wildman–Crippen MR) is 101 cm³/mol. The Morgan fingerprint density at radius 3 is 2.62 bits per heavy atom. The minimum absolute atomic E-state index is 0.00642. The van der Waals surface area contributed by atoms with Crippen molar-refractivity contribution >= 4 is 28.4 Å². The molecule has 1 amide bonds. The number of pyridine rings is 1. The molecular weight excluding hydrogens is 412 g/mol. The number of fused-ring (bicyclic) bond motifs is 1. The van der Waals surface area contributed by atoms with Gasteiger partial charge in [-0.2, -0.15) is 13.2 Å². The van der Waals surface area contributed by atoms with Gasteiger partial charge >= 0.3 is 6.18 Å². The maximum absolute atomic E-state index is 13.8. The van der Waals surface area contributed by atoms with E-state index in [1.807, 2.05) is 0 Å². The predicted octanol–water partition coefficient (Wildman–Crippen LogP) is 5.29. The molecule has 4 nitrogen and oxygen atoms in total. The molecule has 1 aromatic heterocycles. The van der Waals surface area contributed by atoms with Crippen molar-refractivity contribution < 1.29 is 27.1 Å². The Hall–Kier alpha value is -2.87. The summed E-state index contributed by atoms with van der Waals surface area (Å²) in [5.74, 6) is -1.15. The molecule has 0 fully saturated rings. The first-order chi connectivity index (χ1) is 13.6. The maximum atomic E-state index is 13.8. The SMILES string of the molecule is COc1c(F)cccc1CNC(=O)c1c(Cl)nc2cc(C(F)(F)F)ccc2c1C. The molecule has 0 bridgehead atoms. The molecule has 2 aromatic carbocycles. The molecule has 152 valence electrons. The van der Waals surface area contributed by atoms with Crippen LogP contribution in [0.2, 0.25) is 5.15 Å². The molecule has 0 saturated heterocycles. The van der Waals surface area contributed by atoms with Crippen LogP contribution in [0.5, 0.6) is 5.75 Å². The van der Waals surface area contributed by atoms with Crippen LogP contribution in [0.15, 0.2) is 36.4 Å². The third-order valence-corrected chi connectivity index (χ3v) is 4.72. The minimum Gasteiger partial charge on any atom is -0.493 e. The number of methoxy groups -OCH3 is 1. The molecule has 0 atom stereocenters. The number of benzene rings is 2. The minimum atomic E-state index is -4.52. The van der Waals surface area contributed by atoms with Crippen LogP contribution in [-0.2, 0) is 12.7 Å². The van der Waals surface area contributed by atoms with Gasteiger partial charge in [0.05, 0.1) is 23.8 Å². The molecule has 0 unspecified atom stereocenters. The topological polar surface area (TPSA) is 51.2 Å². The zero-order valence-electron chi connectivity index (χ0n) is 15.3. The van der Waals surface area contributed by atoms with Crippen LogP contribution in [0, 0.1) is 12.7 Å². The van der Waals surface area contributed by atoms with Crippen LogP contribution in [0.4, 0.5) is 17.6 Å². The summed E-state index contributed by atoms with van der Waals surface area (Å²) in [6.07, 6.45) is -4.52. The second-order valence-corrected chi connectivity index (χ2v) is 6.61. The number of ether oxygens (including phenoxy) is 1. The molecule has 0 aliphatic heterocycles. The second kappa shape index (κ2) is 7.87. The molecule has 9 heteroatoms. The van der Waals surface area contributed by atoms with Crippen molar-refractivity contribution in [2.75, 3.05) is 7.11 Å². The Bertz CT molecular complexity index is 1100. The molecule has 1 heterocycles. The number of alkyl halides is 3. The third-order valence-electron chi connectivity index (χ3n) is 4.45. The van der Waals surface area contributed by atoms with E-state index in [2.05, 4.69) is 10.3 Å². The lowest BCUT2D eigenvalue weighted by molar-refractivity contribution is -0.137. The fourth-order valence-corrected chi connectivity index (χ4v) is 3.34. The average molecular weight is 427 g/mol. The lowest BCUT2D eigenvalue weighted by atomic mass is 10.0. The summed E-state index contributed by atoms with van der Waals surface area (Å²) < 4.78 is 57.5. The second-order valence-electron chi connectivity index (χ2n) is 6.25. The van der Waals surface area contributed by atoms with Crippen LogP contribution < -0.4 is 10.1 Å². The number of hydrogen-bond donors (Lipinski definition) is 1. The van der Waals surface area contributed by atoms with Crippen molar-refractivity contribution in [2.24, 2.45) is 0 Å². The molecule has 3 rings (SSSR count). The Labute approximate surface area is 168 Å². The summed E-state index contributed by atoms with van der Waals surface area (Å²) in [6.45, 7) is 1.53. The normalized spacial score (nSPS) is 11.6. The number of aromatic nitrogens is 1. The van der Waals surface area contributed by atoms with Gasteiger partial charge in [-0.15, -0.1) is 0 Å². The van der Waals surface area contributed by atoms with Gasteiger partial charge in [-0.3, -0.25) is 4.79 Å². The first-order valence-electron chi connectivity index (χ1n) is 8.40. The Morgan fingerprint density at radius 2 is 1.97 bits per heavy atom. The maximum Gasteiger partial charge on any atom is 0.416 e. The highest BCUT2D eigenvalue weighted by Gasteiger charge is 2.31. The van der Waals surface area contributed by atoms with Gasteiger partial charge in [0.25, 0.3) is 5.91 Å². The van der Waals surface area contributed by atoms with Crippen LogP contribution in [0.25, 0.3) is 10.9 Å². The number of carbonyl (C=O) groups excluding carboxylic acids is 1. The molecule has 0 spiro atoms. The number of nitrogens with one attached hydrogen (secondary N) is 1. The highest BCUT2D eigenvalue weighted by Crippen LogP contribution is 2.33. The first kappa shape index (κ1) is 20.9. The van der Waals surface area contributed by atoms with E-state index in [1.165, 1.54) is 25.3 Å². The average Bonchev–Trinajstić information content (AvgIpc) is 2.65. The lowest BCUT2D eigenvalue weighted by Crippen LogP contribution is -2.25. The summed E-state index contributed by atoms with van der Waals surface area (Å²) in [6, 6.07) is 7.36. The fourth-order valence-electron chi connectivity index (χ4n) is 3.02. The van der Waals surface area contributed by atoms with E-state index in [4.69, 9.17) is 16.3 Å². The molecule has 1 N–H and O–H groups in total. The number of carbonyl (C=O) groups is 1. The van der Waals surface area contributed by atoms with Gasteiger partial charge in [0.1, 0.15) is 5.15 Å². The third kappa shape index (κ3) is 4.12. The molecule has 29 heavy (non-hydrogen) atoms. The smallest absolute Gasteiger partial charge is 0.416 e. The highest BCUT2D eigenvalue weighted by atomic mass is 35.5. The number of para-hydroxylation sites is 1. The van der Waals surface area contributed by atoms with Gasteiger partial charge in [-0.1, -0.05) is 29.8 Å². The van der Waals surface area contributed by atoms with Crippen LogP contribution in [0.1, 0.15) is 27.0 Å². The van der Waals surface area contributed by atoms with Gasteiger partial charge in [0, 0.05) is 17.5 Å². The zero-order valence-corrected chi connectivity index (χ0v) is 16.1. The van der Waals surface area contributed by atoms with E-state index in [-0.39, 0.29) is 28.5 Å². The summed E-state index contributed by atoms with van der Waals surface area (Å²) in [4.78, 5) is 16.6. The van der Waals surface area contributed by atoms with Gasteiger partial charge < -0.3 is 10.1 Å². The van der Waals surface area contributed by atoms with Gasteiger partial charge in [-0.25, -0.2) is 9.37 Å². The summed E-state index contributed by atoms with van der Waals surface area (Å²) in [7, 11) is 1.31. The van der Waals surface area contributed by atoms with E-state index in [9.17, 15) is 22.4 Å². The number of nitrogens with zero attached hydrogens (tertiary/aromatic N) is 1. The molecule has 0 radical (unpaired) electrons. The summed E-state index contributed by atoms with van der Waals surface area (Å²) in [5, 5.41) is 2.76. The fraction of sp³-hybridized carbons (Fsp3) is 0.200. The zero-order chi connectivity index (χ0) is 21.3. The van der Waals surface area contributed by atoms with Crippen LogP contribution in [0.3, 0.4) is 0 Å². The first-order valence-corrected chi connectivity index (χ1v) is 8.78. The van der Waals surface area contributed by atoms with E-state index in [0.29, 0.717) is 16.5 Å². The largest absolute Gasteiger partial charge is 0.493 e. The van der Waals surface area contributed by atoms with Crippen molar-refractivity contribution in [3.8, 4) is 5.75 Å². The van der Waals surface area contributed by atoms with Crippen LogP contribution >= 0.6 is 11.6 Å². The number of amides is 1. The van der Waals surface area contributed by atoms with Gasteiger partial charge in [0.2, 0.25) is 0 Å². The van der Waals surface area contributed by atoms with E-state index in [0.717, 1.165) is 12.1 Å². The lowest BCUT2D eigenvalue weighted by Gasteiger charge is -2.14. The summed E-state index contributed by atoms with van der Waals surface area (Å²) in [5.41, 5.74) is 0.0129. The molecule has 3 aromatic rings. The van der Waals surface area contributed by atoms with Crippen molar-refractivity contribution in [1.82, 2.24) is 10.3 Å². The molecule has 0 saturated carbocycles. The molecule has 0 aliphatic rings. The molecular formula is C20H15ClF4N2O2. The van der Waals surface area contributed by atoms with Gasteiger partial charge in [-0.05, 0) is 30.7 Å². The number of halogens is 5. The van der Waals surface area contributed by atoms with Crippen molar-refractivity contribution in [3.63, 3.8) is 0 Å². The van der Waals surface area contributed by atoms with E-state index < -0.39 is 23.5 Å². The van der Waals surface area contributed by atoms with E-state index in [1.54, 1.807) is 13.0 Å². The number of hydrogen-bond acceptors (Lipinski definition) is 3. The van der Waals surface area contributed by atoms with Crippen molar-refractivity contribution in [3.05, 3.63) is 69.6 Å². The quantitative estimate of drug-likeness (QED) is 0.455. The molecule has 0 aliphatic carbocycles. The Balaban J connectivity index is 1.93. The van der Waals surface area contributed by atoms with Gasteiger partial charge in [0.15, 0.2) is 11.6 Å². The highest BCUT2D eigenvalue weighted by molar-refractivity contribution is 6.33. The van der Waals surface area contributed by atoms with Crippen molar-refractivity contribution in [2.45, 2.75) is 19.6 Å². The monoisotopic (exact) mass is 426 g/mol. The standard InChI is InChI=1S/C20H15ClF4N2O2/c1-10-13-7-6-12(20(23,24)25)8-15(13)27-18(21)16(10)19(28)26-9-11-4-3-5-14(22)17(11)29-2/h3-8H,9H2,1-2H3,(H,26,28). The summed E-state index contributed by atoms with van der Waals surface area (Å²) >= 11 is 6.10.